The van der Waals surface area contributed by atoms with Crippen LogP contribution in [0.1, 0.15) is 37.7 Å². The number of hydrogen-bond donors (Lipinski definition) is 1. The second kappa shape index (κ2) is 4.98. The maximum absolute atomic E-state index is 12.8. The Morgan fingerprint density at radius 1 is 1.19 bits per heavy atom. The van der Waals surface area contributed by atoms with Gasteiger partial charge in [-0.3, -0.25) is 4.79 Å². The Balaban J connectivity index is 1.54. The summed E-state index contributed by atoms with van der Waals surface area (Å²) in [4.78, 5) is 16.9. The number of hydrogen-bond acceptors (Lipinski definition) is 2. The number of carbonyl (C=O) groups excluding carboxylic acids is 1. The number of nitrogens with zero attached hydrogens (tertiary/aromatic N) is 1. The maximum atomic E-state index is 12.8. The van der Waals surface area contributed by atoms with Gasteiger partial charge in [-0.2, -0.15) is 0 Å². The molecule has 0 saturated heterocycles. The Labute approximate surface area is 130 Å². The van der Waals surface area contributed by atoms with E-state index in [0.717, 1.165) is 17.4 Å². The highest BCUT2D eigenvalue weighted by atomic mass is 35.5. The first-order valence-corrected chi connectivity index (χ1v) is 8.41. The second-order valence-corrected chi connectivity index (χ2v) is 7.65. The molecule has 4 fully saturated rings. The fraction of sp³-hybridized carbons (Fsp3) is 0.647. The molecule has 0 radical (unpaired) electrons. The molecule has 0 aromatic carbocycles. The van der Waals surface area contributed by atoms with E-state index in [9.17, 15) is 4.79 Å². The molecule has 1 aromatic heterocycles. The molecule has 4 saturated carbocycles. The summed E-state index contributed by atoms with van der Waals surface area (Å²) >= 11 is 6.10. The van der Waals surface area contributed by atoms with Gasteiger partial charge in [-0.05, 0) is 74.3 Å². The van der Waals surface area contributed by atoms with Gasteiger partial charge in [0.25, 0.3) is 0 Å². The molecular weight excluding hydrogens is 284 g/mol. The molecule has 4 aliphatic carbocycles. The van der Waals surface area contributed by atoms with Crippen molar-refractivity contribution in [3.8, 4) is 0 Å². The van der Waals surface area contributed by atoms with Gasteiger partial charge in [-0.25, -0.2) is 4.98 Å². The van der Waals surface area contributed by atoms with E-state index in [4.69, 9.17) is 11.6 Å². The topological polar surface area (TPSA) is 42.0 Å². The van der Waals surface area contributed by atoms with E-state index in [1.165, 1.54) is 32.1 Å². The summed E-state index contributed by atoms with van der Waals surface area (Å²) in [6.07, 6.45) is 8.15. The van der Waals surface area contributed by atoms with Crippen LogP contribution in [-0.4, -0.2) is 10.9 Å². The van der Waals surface area contributed by atoms with E-state index in [-0.39, 0.29) is 11.8 Å². The largest absolute Gasteiger partial charge is 0.323 e. The summed E-state index contributed by atoms with van der Waals surface area (Å²) in [5.41, 5.74) is 1.68. The van der Waals surface area contributed by atoms with E-state index in [1.807, 2.05) is 13.0 Å². The van der Waals surface area contributed by atoms with Crippen LogP contribution in [0.25, 0.3) is 0 Å². The summed E-state index contributed by atoms with van der Waals surface area (Å²) in [6.45, 7) is 1.96. The minimum Gasteiger partial charge on any atom is -0.323 e. The number of halogens is 1. The number of rotatable bonds is 2. The number of anilines is 1. The summed E-state index contributed by atoms with van der Waals surface area (Å²) in [7, 11) is 0. The zero-order valence-corrected chi connectivity index (χ0v) is 13.1. The third-order valence-electron chi connectivity index (χ3n) is 5.76. The Hall–Kier alpha value is -1.09. The third-order valence-corrected chi connectivity index (χ3v) is 6.06. The SMILES string of the molecule is Cc1cnc(Cl)c(NC(=O)C2C3CC4CC(C3)CC2C4)c1. The molecule has 1 amide bonds. The standard InChI is InChI=1S/C17H21ClN2O/c1-9-2-14(16(18)19-8-9)20-17(21)15-12-4-10-3-11(6-12)7-13(15)5-10/h2,8,10-13,15H,3-7H2,1H3,(H,20,21). The van der Waals surface area contributed by atoms with Crippen molar-refractivity contribution in [2.24, 2.45) is 29.6 Å². The first-order valence-electron chi connectivity index (χ1n) is 8.03. The van der Waals surface area contributed by atoms with Gasteiger partial charge in [0.05, 0.1) is 5.69 Å². The van der Waals surface area contributed by atoms with Crippen molar-refractivity contribution in [3.63, 3.8) is 0 Å². The molecule has 4 aliphatic rings. The molecule has 4 heteroatoms. The van der Waals surface area contributed by atoms with Crippen molar-refractivity contribution in [3.05, 3.63) is 23.0 Å². The number of amides is 1. The summed E-state index contributed by atoms with van der Waals surface area (Å²) in [5, 5.41) is 3.43. The molecule has 0 spiro atoms. The van der Waals surface area contributed by atoms with Crippen LogP contribution >= 0.6 is 11.6 Å². The van der Waals surface area contributed by atoms with Gasteiger partial charge in [0.15, 0.2) is 5.15 Å². The average molecular weight is 305 g/mol. The average Bonchev–Trinajstić information content (AvgIpc) is 2.41. The van der Waals surface area contributed by atoms with E-state index < -0.39 is 0 Å². The molecule has 0 aliphatic heterocycles. The van der Waals surface area contributed by atoms with Crippen molar-refractivity contribution in [1.82, 2.24) is 4.98 Å². The molecule has 0 unspecified atom stereocenters. The number of carbonyl (C=O) groups is 1. The second-order valence-electron chi connectivity index (χ2n) is 7.30. The van der Waals surface area contributed by atoms with E-state index in [2.05, 4.69) is 10.3 Å². The molecule has 1 aromatic rings. The predicted octanol–water partition coefficient (Wildman–Crippen LogP) is 4.05. The van der Waals surface area contributed by atoms with Crippen LogP contribution in [0.15, 0.2) is 12.3 Å². The lowest BCUT2D eigenvalue weighted by Crippen LogP contribution is -2.49. The minimum absolute atomic E-state index is 0.165. The normalized spacial score (nSPS) is 36.8. The zero-order chi connectivity index (χ0) is 14.6. The number of aromatic nitrogens is 1. The van der Waals surface area contributed by atoms with E-state index in [0.29, 0.717) is 22.7 Å². The van der Waals surface area contributed by atoms with Gasteiger partial charge in [0.2, 0.25) is 5.91 Å². The molecule has 21 heavy (non-hydrogen) atoms. The van der Waals surface area contributed by atoms with Gasteiger partial charge < -0.3 is 5.32 Å². The quantitative estimate of drug-likeness (QED) is 0.837. The van der Waals surface area contributed by atoms with Crippen LogP contribution in [-0.2, 0) is 4.79 Å². The zero-order valence-electron chi connectivity index (χ0n) is 12.3. The molecule has 1 heterocycles. The fourth-order valence-electron chi connectivity index (χ4n) is 5.21. The first-order chi connectivity index (χ1) is 10.1. The molecule has 3 nitrogen and oxygen atoms in total. The van der Waals surface area contributed by atoms with Crippen LogP contribution in [0.5, 0.6) is 0 Å². The monoisotopic (exact) mass is 304 g/mol. The molecule has 4 bridgehead atoms. The van der Waals surface area contributed by atoms with Gasteiger partial charge in [-0.15, -0.1) is 0 Å². The van der Waals surface area contributed by atoms with Crippen LogP contribution in [0.3, 0.4) is 0 Å². The Kier molecular flexibility index (Phi) is 3.21. The number of nitrogens with one attached hydrogen (secondary N) is 1. The fourth-order valence-corrected chi connectivity index (χ4v) is 5.36. The van der Waals surface area contributed by atoms with Crippen LogP contribution in [0.2, 0.25) is 5.15 Å². The van der Waals surface area contributed by atoms with Crippen LogP contribution in [0.4, 0.5) is 5.69 Å². The van der Waals surface area contributed by atoms with E-state index >= 15 is 0 Å². The van der Waals surface area contributed by atoms with Gasteiger partial charge >= 0.3 is 0 Å². The maximum Gasteiger partial charge on any atom is 0.228 e. The van der Waals surface area contributed by atoms with Crippen LogP contribution < -0.4 is 5.32 Å². The van der Waals surface area contributed by atoms with E-state index in [1.54, 1.807) is 6.20 Å². The Morgan fingerprint density at radius 3 is 2.43 bits per heavy atom. The minimum atomic E-state index is 0.165. The number of aryl methyl sites for hydroxylation is 1. The smallest absolute Gasteiger partial charge is 0.228 e. The highest BCUT2D eigenvalue weighted by molar-refractivity contribution is 6.32. The predicted molar refractivity (Wildman–Crippen MR) is 83.1 cm³/mol. The van der Waals surface area contributed by atoms with Gasteiger partial charge in [-0.1, -0.05) is 11.6 Å². The Bertz CT molecular complexity index is 558. The van der Waals surface area contributed by atoms with Gasteiger partial charge in [0, 0.05) is 12.1 Å². The van der Waals surface area contributed by atoms with Crippen molar-refractivity contribution in [2.75, 3.05) is 5.32 Å². The third kappa shape index (κ3) is 2.36. The highest BCUT2D eigenvalue weighted by Crippen LogP contribution is 2.56. The highest BCUT2D eigenvalue weighted by Gasteiger charge is 2.50. The van der Waals surface area contributed by atoms with Crippen molar-refractivity contribution >= 4 is 23.2 Å². The molecular formula is C17H21ClN2O. The summed E-state index contributed by atoms with van der Waals surface area (Å²) < 4.78 is 0. The molecule has 1 N–H and O–H groups in total. The van der Waals surface area contributed by atoms with Crippen molar-refractivity contribution in [1.29, 1.82) is 0 Å². The lowest BCUT2D eigenvalue weighted by atomic mass is 9.51. The number of pyridine rings is 1. The summed E-state index contributed by atoms with van der Waals surface area (Å²) in [6, 6.07) is 1.91. The molecule has 112 valence electrons. The molecule has 0 atom stereocenters. The lowest BCUT2D eigenvalue weighted by molar-refractivity contribution is -0.132. The molecule has 5 rings (SSSR count). The van der Waals surface area contributed by atoms with Crippen LogP contribution in [0, 0.1) is 36.5 Å². The Morgan fingerprint density at radius 2 is 1.81 bits per heavy atom. The first kappa shape index (κ1) is 13.6. The van der Waals surface area contributed by atoms with Gasteiger partial charge in [0.1, 0.15) is 0 Å². The van der Waals surface area contributed by atoms with Crippen molar-refractivity contribution < 1.29 is 4.79 Å². The van der Waals surface area contributed by atoms with Crippen molar-refractivity contribution in [2.45, 2.75) is 39.0 Å². The summed E-state index contributed by atoms with van der Waals surface area (Å²) in [5.74, 6) is 3.32. The lowest BCUT2D eigenvalue weighted by Gasteiger charge is -2.53.